The van der Waals surface area contributed by atoms with Crippen molar-refractivity contribution in [2.75, 3.05) is 27.7 Å². The van der Waals surface area contributed by atoms with Gasteiger partial charge in [-0.2, -0.15) is 0 Å². The van der Waals surface area contributed by atoms with E-state index < -0.39 is 0 Å². The van der Waals surface area contributed by atoms with Crippen LogP contribution in [0.4, 0.5) is 0 Å². The van der Waals surface area contributed by atoms with Gasteiger partial charge in [-0.3, -0.25) is 4.79 Å². The Hall–Kier alpha value is -1.97. The average molecular weight is 382 g/mol. The molecule has 0 heterocycles. The molecule has 0 aromatic heterocycles. The Morgan fingerprint density at radius 3 is 1.96 bits per heavy atom. The molecule has 0 fully saturated rings. The van der Waals surface area contributed by atoms with Crippen LogP contribution in [0.3, 0.4) is 0 Å². The summed E-state index contributed by atoms with van der Waals surface area (Å²) >= 11 is 0. The number of carbonyl (C=O) groups is 1. The minimum Gasteiger partial charge on any atom is -1.00 e. The molecule has 0 N–H and O–H groups in total. The first kappa shape index (κ1) is 16.9. The Morgan fingerprint density at radius 2 is 1.33 bits per heavy atom. The van der Waals surface area contributed by atoms with Gasteiger partial charge in [0, 0.05) is 5.56 Å². The van der Waals surface area contributed by atoms with Crippen LogP contribution in [0, 0.1) is 0 Å². The summed E-state index contributed by atoms with van der Waals surface area (Å²) in [5.74, 6) is 0.204. The largest absolute Gasteiger partial charge is 1.00 e. The van der Waals surface area contributed by atoms with Crippen molar-refractivity contribution in [1.82, 2.24) is 0 Å². The van der Waals surface area contributed by atoms with Gasteiger partial charge in [0.2, 0.25) is 5.78 Å². The molecule has 2 nitrogen and oxygen atoms in total. The highest BCUT2D eigenvalue weighted by molar-refractivity contribution is 6.26. The van der Waals surface area contributed by atoms with Crippen molar-refractivity contribution in [3.05, 3.63) is 60.2 Å². The molecule has 24 heavy (non-hydrogen) atoms. The highest BCUT2D eigenvalue weighted by atomic mass is 79.9. The van der Waals surface area contributed by atoms with Crippen molar-refractivity contribution in [2.24, 2.45) is 0 Å². The van der Waals surface area contributed by atoms with E-state index >= 15 is 0 Å². The van der Waals surface area contributed by atoms with Crippen molar-refractivity contribution >= 4 is 38.1 Å². The third-order valence-electron chi connectivity index (χ3n) is 4.45. The molecule has 0 radical (unpaired) electrons. The number of ketones is 1. The Balaban J connectivity index is 0.00000169. The zero-order chi connectivity index (χ0) is 16.2. The number of benzene rings is 4. The summed E-state index contributed by atoms with van der Waals surface area (Å²) in [6.45, 7) is 0.504. The van der Waals surface area contributed by atoms with E-state index in [9.17, 15) is 4.79 Å². The van der Waals surface area contributed by atoms with Gasteiger partial charge in [0.05, 0.1) is 21.1 Å². The average Bonchev–Trinajstić information content (AvgIpc) is 2.50. The third-order valence-corrected chi connectivity index (χ3v) is 4.45. The molecule has 0 aliphatic carbocycles. The van der Waals surface area contributed by atoms with E-state index in [4.69, 9.17) is 0 Å². The molecule has 0 aliphatic heterocycles. The van der Waals surface area contributed by atoms with E-state index in [-0.39, 0.29) is 22.8 Å². The normalized spacial score (nSPS) is 12.0. The minimum absolute atomic E-state index is 0. The Bertz CT molecular complexity index is 1030. The molecule has 0 atom stereocenters. The first-order chi connectivity index (χ1) is 10.9. The fourth-order valence-corrected chi connectivity index (χ4v) is 3.49. The topological polar surface area (TPSA) is 17.1 Å². The number of hydrogen-bond acceptors (Lipinski definition) is 1. The predicted molar refractivity (Wildman–Crippen MR) is 97.4 cm³/mol. The zero-order valence-corrected chi connectivity index (χ0v) is 15.7. The zero-order valence-electron chi connectivity index (χ0n) is 14.1. The number of hydrogen-bond donors (Lipinski definition) is 0. The fourth-order valence-electron chi connectivity index (χ4n) is 3.49. The van der Waals surface area contributed by atoms with Crippen LogP contribution in [0.15, 0.2) is 54.6 Å². The molecule has 0 aliphatic rings. The Kier molecular flexibility index (Phi) is 4.10. The van der Waals surface area contributed by atoms with Gasteiger partial charge in [-0.05, 0) is 38.4 Å². The van der Waals surface area contributed by atoms with Gasteiger partial charge in [-0.25, -0.2) is 0 Å². The lowest BCUT2D eigenvalue weighted by Crippen LogP contribution is -3.00. The van der Waals surface area contributed by atoms with Crippen LogP contribution in [0.25, 0.3) is 32.3 Å². The fraction of sp³-hybridized carbons (Fsp3) is 0.190. The van der Waals surface area contributed by atoms with Gasteiger partial charge in [0.1, 0.15) is 6.54 Å². The molecule has 0 unspecified atom stereocenters. The van der Waals surface area contributed by atoms with Crippen LogP contribution in [0.2, 0.25) is 0 Å². The summed E-state index contributed by atoms with van der Waals surface area (Å²) < 4.78 is 0.640. The van der Waals surface area contributed by atoms with Crippen molar-refractivity contribution in [2.45, 2.75) is 0 Å². The summed E-state index contributed by atoms with van der Waals surface area (Å²) in [5.41, 5.74) is 0.837. The number of carbonyl (C=O) groups excluding carboxylic acids is 1. The number of nitrogens with zero attached hydrogens (tertiary/aromatic N) is 1. The molecule has 0 bridgehead atoms. The summed E-state index contributed by atoms with van der Waals surface area (Å²) in [6.07, 6.45) is 0. The number of quaternary nitrogens is 1. The van der Waals surface area contributed by atoms with E-state index in [1.165, 1.54) is 26.9 Å². The second kappa shape index (κ2) is 5.83. The summed E-state index contributed by atoms with van der Waals surface area (Å²) in [5, 5.41) is 7.22. The smallest absolute Gasteiger partial charge is 0.217 e. The van der Waals surface area contributed by atoms with Crippen LogP contribution in [0.5, 0.6) is 0 Å². The van der Waals surface area contributed by atoms with Gasteiger partial charge in [-0.15, -0.1) is 0 Å². The van der Waals surface area contributed by atoms with Gasteiger partial charge in [0.15, 0.2) is 0 Å². The molecule has 0 saturated heterocycles. The van der Waals surface area contributed by atoms with E-state index in [0.29, 0.717) is 11.0 Å². The van der Waals surface area contributed by atoms with Crippen molar-refractivity contribution in [3.63, 3.8) is 0 Å². The predicted octanol–water partition coefficient (Wildman–Crippen LogP) is 1.48. The van der Waals surface area contributed by atoms with E-state index in [1.807, 2.05) is 27.2 Å². The molecule has 0 amide bonds. The second-order valence-electron chi connectivity index (χ2n) is 7.34. The number of halogens is 1. The lowest BCUT2D eigenvalue weighted by molar-refractivity contribution is -0.861. The van der Waals surface area contributed by atoms with Crippen molar-refractivity contribution in [3.8, 4) is 0 Å². The molecule has 4 aromatic rings. The summed E-state index contributed by atoms with van der Waals surface area (Å²) in [6, 6.07) is 19.0. The highest BCUT2D eigenvalue weighted by Crippen LogP contribution is 2.36. The van der Waals surface area contributed by atoms with Crippen LogP contribution in [-0.4, -0.2) is 38.0 Å². The lowest BCUT2D eigenvalue weighted by atomic mass is 9.91. The quantitative estimate of drug-likeness (QED) is 0.298. The van der Waals surface area contributed by atoms with E-state index in [1.54, 1.807) is 0 Å². The standard InChI is InChI=1S/C21H20NO.BrH/c1-22(2,3)13-19(23)17-11-9-16-8-7-14-5-4-6-15-10-12-18(17)21(16)20(14)15;/h4-12H,13H2,1-3H3;1H/q+1;/p-1. The summed E-state index contributed by atoms with van der Waals surface area (Å²) in [4.78, 5) is 12.8. The van der Waals surface area contributed by atoms with Crippen LogP contribution >= 0.6 is 0 Å². The monoisotopic (exact) mass is 381 g/mol. The number of rotatable bonds is 3. The molecular weight excluding hydrogens is 362 g/mol. The van der Waals surface area contributed by atoms with E-state index in [2.05, 4.69) is 48.5 Å². The van der Waals surface area contributed by atoms with Crippen LogP contribution in [0.1, 0.15) is 10.4 Å². The maximum Gasteiger partial charge on any atom is 0.217 e. The summed E-state index contributed by atoms with van der Waals surface area (Å²) in [7, 11) is 6.15. The Labute approximate surface area is 152 Å². The molecule has 4 rings (SSSR count). The van der Waals surface area contributed by atoms with E-state index in [0.717, 1.165) is 10.9 Å². The molecule has 3 heteroatoms. The Morgan fingerprint density at radius 1 is 0.792 bits per heavy atom. The molecule has 0 spiro atoms. The van der Waals surface area contributed by atoms with Gasteiger partial charge in [-0.1, -0.05) is 48.5 Å². The van der Waals surface area contributed by atoms with Gasteiger partial charge in [0.25, 0.3) is 0 Å². The van der Waals surface area contributed by atoms with Crippen LogP contribution < -0.4 is 17.0 Å². The number of Topliss-reactive ketones (excluding diaryl/α,β-unsaturated/α-hetero) is 1. The third kappa shape index (κ3) is 2.68. The highest BCUT2D eigenvalue weighted by Gasteiger charge is 2.20. The maximum atomic E-state index is 12.8. The molecular formula is C21H20BrNO. The minimum atomic E-state index is 0. The molecule has 0 saturated carbocycles. The van der Waals surface area contributed by atoms with Gasteiger partial charge < -0.3 is 21.5 Å². The number of likely N-dealkylation sites (N-methyl/N-ethyl adjacent to an activating group) is 1. The van der Waals surface area contributed by atoms with Crippen LogP contribution in [-0.2, 0) is 0 Å². The second-order valence-corrected chi connectivity index (χ2v) is 7.34. The molecule has 122 valence electrons. The lowest BCUT2D eigenvalue weighted by Gasteiger charge is -2.23. The molecule has 4 aromatic carbocycles. The first-order valence-corrected chi connectivity index (χ1v) is 7.94. The first-order valence-electron chi connectivity index (χ1n) is 7.94. The van der Waals surface area contributed by atoms with Crippen molar-refractivity contribution < 1.29 is 26.3 Å². The van der Waals surface area contributed by atoms with Crippen molar-refractivity contribution in [1.29, 1.82) is 0 Å². The van der Waals surface area contributed by atoms with Gasteiger partial charge >= 0.3 is 0 Å². The maximum absolute atomic E-state index is 12.8. The SMILES string of the molecule is C[N+](C)(C)CC(=O)c1ccc2ccc3cccc4ccc1c2c34.[Br-].